The van der Waals surface area contributed by atoms with Crippen molar-refractivity contribution in [1.82, 2.24) is 24.7 Å². The Balaban J connectivity index is 1.74. The fourth-order valence-electron chi connectivity index (χ4n) is 2.18. The predicted octanol–water partition coefficient (Wildman–Crippen LogP) is -0.262. The Kier molecular flexibility index (Phi) is 3.84. The molecular weight excluding hydrogens is 294 g/mol. The van der Waals surface area contributed by atoms with Gasteiger partial charge in [-0.25, -0.2) is 4.79 Å². The molecule has 0 N–H and O–H groups in total. The third kappa shape index (κ3) is 2.88. The fraction of sp³-hybridized carbons (Fsp3) is 0.500. The highest BCUT2D eigenvalue weighted by Gasteiger charge is 2.23. The minimum absolute atomic E-state index is 0.0150. The molecule has 3 rings (SSSR count). The largest absolute Gasteiger partial charge is 0.375 e. The molecule has 1 fully saturated rings. The van der Waals surface area contributed by atoms with Crippen molar-refractivity contribution in [2.45, 2.75) is 19.6 Å². The number of carbonyl (C=O) groups excluding carboxylic acids is 1. The van der Waals surface area contributed by atoms with Gasteiger partial charge >= 0.3 is 5.69 Å². The summed E-state index contributed by atoms with van der Waals surface area (Å²) in [4.78, 5) is 26.0. The van der Waals surface area contributed by atoms with E-state index < -0.39 is 5.69 Å². The van der Waals surface area contributed by atoms with Gasteiger partial charge in [0.05, 0.1) is 12.7 Å². The molecule has 0 bridgehead atoms. The lowest BCUT2D eigenvalue weighted by Gasteiger charge is -2.30. The van der Waals surface area contributed by atoms with Crippen molar-refractivity contribution < 1.29 is 9.53 Å². The van der Waals surface area contributed by atoms with E-state index in [1.807, 2.05) is 18.4 Å². The number of hydrogen-bond acceptors (Lipinski definition) is 6. The summed E-state index contributed by atoms with van der Waals surface area (Å²) in [5.41, 5.74) is -0.410. The molecule has 1 unspecified atom stereocenters. The number of tetrazole rings is 1. The number of nitrogens with zero attached hydrogens (tertiary/aromatic N) is 5. The van der Waals surface area contributed by atoms with Crippen LogP contribution >= 0.6 is 11.3 Å². The maximum Gasteiger partial charge on any atom is 0.369 e. The smallest absolute Gasteiger partial charge is 0.369 e. The van der Waals surface area contributed by atoms with Crippen molar-refractivity contribution in [3.8, 4) is 5.00 Å². The second-order valence-corrected chi connectivity index (χ2v) is 5.73. The number of amides is 1. The van der Waals surface area contributed by atoms with Crippen molar-refractivity contribution >= 4 is 17.2 Å². The lowest BCUT2D eigenvalue weighted by molar-refractivity contribution is -0.139. The van der Waals surface area contributed by atoms with Gasteiger partial charge in [0.2, 0.25) is 5.91 Å². The predicted molar refractivity (Wildman–Crippen MR) is 75.5 cm³/mol. The van der Waals surface area contributed by atoms with Crippen LogP contribution in [0.4, 0.5) is 0 Å². The zero-order chi connectivity index (χ0) is 14.8. The number of thiophene rings is 1. The lowest BCUT2D eigenvalue weighted by atomic mass is 10.3. The SMILES string of the molecule is CC1CN(C(=O)Cn2nnn(-c3cccs3)c2=O)CCO1. The number of rotatable bonds is 3. The first-order valence-electron chi connectivity index (χ1n) is 6.61. The van der Waals surface area contributed by atoms with Crippen molar-refractivity contribution in [2.24, 2.45) is 0 Å². The summed E-state index contributed by atoms with van der Waals surface area (Å²) in [6.45, 7) is 3.41. The summed E-state index contributed by atoms with van der Waals surface area (Å²) < 4.78 is 7.67. The molecule has 0 aromatic carbocycles. The van der Waals surface area contributed by atoms with Gasteiger partial charge < -0.3 is 9.64 Å². The standard InChI is InChI=1S/C12H15N5O3S/c1-9-7-15(4-5-20-9)10(18)8-16-12(19)17(14-13-16)11-3-2-6-21-11/h2-3,6,9H,4-5,7-8H2,1H3. The molecule has 9 heteroatoms. The minimum atomic E-state index is -0.410. The summed E-state index contributed by atoms with van der Waals surface area (Å²) in [6, 6.07) is 3.60. The molecule has 2 aromatic rings. The summed E-state index contributed by atoms with van der Waals surface area (Å²) in [7, 11) is 0. The van der Waals surface area contributed by atoms with E-state index in [-0.39, 0.29) is 18.6 Å². The Morgan fingerprint density at radius 2 is 2.38 bits per heavy atom. The van der Waals surface area contributed by atoms with Crippen LogP contribution in [-0.2, 0) is 16.1 Å². The van der Waals surface area contributed by atoms with Gasteiger partial charge in [-0.15, -0.1) is 11.3 Å². The van der Waals surface area contributed by atoms with E-state index in [2.05, 4.69) is 10.4 Å². The molecule has 0 radical (unpaired) electrons. The molecule has 1 aliphatic heterocycles. The summed E-state index contributed by atoms with van der Waals surface area (Å²) in [5.74, 6) is -0.148. The average molecular weight is 309 g/mol. The summed E-state index contributed by atoms with van der Waals surface area (Å²) in [6.07, 6.45) is 0.0150. The molecule has 1 aliphatic rings. The van der Waals surface area contributed by atoms with Crippen LogP contribution < -0.4 is 5.69 Å². The Labute approximate surface area is 124 Å². The second-order valence-electron chi connectivity index (χ2n) is 4.80. The molecule has 1 atom stereocenters. The van der Waals surface area contributed by atoms with Crippen LogP contribution in [-0.4, -0.2) is 56.4 Å². The first-order valence-corrected chi connectivity index (χ1v) is 7.49. The molecule has 112 valence electrons. The van der Waals surface area contributed by atoms with E-state index in [1.165, 1.54) is 16.0 Å². The third-order valence-corrected chi connectivity index (χ3v) is 4.08. The molecular formula is C12H15N5O3S. The van der Waals surface area contributed by atoms with Crippen LogP contribution in [0.3, 0.4) is 0 Å². The van der Waals surface area contributed by atoms with Crippen molar-refractivity contribution in [2.75, 3.05) is 19.7 Å². The Bertz CT molecular complexity index is 677. The van der Waals surface area contributed by atoms with Gasteiger partial charge in [-0.2, -0.15) is 9.36 Å². The molecule has 8 nitrogen and oxygen atoms in total. The van der Waals surface area contributed by atoms with E-state index in [9.17, 15) is 9.59 Å². The zero-order valence-electron chi connectivity index (χ0n) is 11.5. The van der Waals surface area contributed by atoms with E-state index in [0.29, 0.717) is 24.7 Å². The number of morpholine rings is 1. The van der Waals surface area contributed by atoms with Crippen molar-refractivity contribution in [3.63, 3.8) is 0 Å². The first kappa shape index (κ1) is 14.0. The van der Waals surface area contributed by atoms with Gasteiger partial charge in [-0.05, 0) is 34.9 Å². The number of hydrogen-bond donors (Lipinski definition) is 0. The topological polar surface area (TPSA) is 82.3 Å². The molecule has 21 heavy (non-hydrogen) atoms. The Morgan fingerprint density at radius 3 is 3.10 bits per heavy atom. The van der Waals surface area contributed by atoms with Crippen LogP contribution in [0.2, 0.25) is 0 Å². The van der Waals surface area contributed by atoms with Gasteiger partial charge in [-0.3, -0.25) is 4.79 Å². The molecule has 1 saturated heterocycles. The van der Waals surface area contributed by atoms with Crippen LogP contribution in [0.1, 0.15) is 6.92 Å². The molecule has 0 saturated carbocycles. The maximum atomic E-state index is 12.2. The number of ether oxygens (including phenoxy) is 1. The minimum Gasteiger partial charge on any atom is -0.375 e. The highest BCUT2D eigenvalue weighted by Crippen LogP contribution is 2.10. The van der Waals surface area contributed by atoms with Crippen LogP contribution in [0.15, 0.2) is 22.3 Å². The fourth-order valence-corrected chi connectivity index (χ4v) is 2.84. The Hall–Kier alpha value is -2.00. The maximum absolute atomic E-state index is 12.2. The van der Waals surface area contributed by atoms with E-state index in [4.69, 9.17) is 4.74 Å². The highest BCUT2D eigenvalue weighted by atomic mass is 32.1. The monoisotopic (exact) mass is 309 g/mol. The molecule has 0 spiro atoms. The van der Waals surface area contributed by atoms with Gasteiger partial charge in [0, 0.05) is 13.1 Å². The van der Waals surface area contributed by atoms with Gasteiger partial charge in [0.1, 0.15) is 11.5 Å². The molecule has 2 aromatic heterocycles. The third-order valence-electron chi connectivity index (χ3n) is 3.23. The van der Waals surface area contributed by atoms with Crippen molar-refractivity contribution in [3.05, 3.63) is 28.0 Å². The van der Waals surface area contributed by atoms with E-state index in [0.717, 1.165) is 4.68 Å². The average Bonchev–Trinajstić information content (AvgIpc) is 3.10. The van der Waals surface area contributed by atoms with Gasteiger partial charge in [0.15, 0.2) is 0 Å². The molecule has 1 amide bonds. The van der Waals surface area contributed by atoms with Gasteiger partial charge in [-0.1, -0.05) is 0 Å². The first-order chi connectivity index (χ1) is 10.1. The summed E-state index contributed by atoms with van der Waals surface area (Å²) in [5, 5.41) is 10.1. The second kappa shape index (κ2) is 5.78. The van der Waals surface area contributed by atoms with Crippen LogP contribution in [0.25, 0.3) is 5.00 Å². The van der Waals surface area contributed by atoms with E-state index in [1.54, 1.807) is 11.0 Å². The van der Waals surface area contributed by atoms with E-state index >= 15 is 0 Å². The van der Waals surface area contributed by atoms with Crippen molar-refractivity contribution in [1.29, 1.82) is 0 Å². The quantitative estimate of drug-likeness (QED) is 0.780. The summed E-state index contributed by atoms with van der Waals surface area (Å²) >= 11 is 1.39. The normalized spacial score (nSPS) is 18.9. The lowest BCUT2D eigenvalue weighted by Crippen LogP contribution is -2.46. The molecule has 0 aliphatic carbocycles. The van der Waals surface area contributed by atoms with Crippen LogP contribution in [0.5, 0.6) is 0 Å². The Morgan fingerprint density at radius 1 is 1.52 bits per heavy atom. The number of aromatic nitrogens is 4. The highest BCUT2D eigenvalue weighted by molar-refractivity contribution is 7.12. The van der Waals surface area contributed by atoms with Crippen LogP contribution in [0, 0.1) is 0 Å². The van der Waals surface area contributed by atoms with Gasteiger partial charge in [0.25, 0.3) is 0 Å². The molecule has 3 heterocycles. The number of carbonyl (C=O) groups is 1. The zero-order valence-corrected chi connectivity index (χ0v) is 12.3.